The fourth-order valence-corrected chi connectivity index (χ4v) is 6.16. The average molecular weight is 523 g/mol. The van der Waals surface area contributed by atoms with Gasteiger partial charge in [-0.1, -0.05) is 24.3 Å². The van der Waals surface area contributed by atoms with Gasteiger partial charge in [0.1, 0.15) is 11.8 Å². The minimum Gasteiger partial charge on any atom is -0.454 e. The van der Waals surface area contributed by atoms with Gasteiger partial charge in [-0.3, -0.25) is 19.2 Å². The molecule has 9 nitrogen and oxygen atoms in total. The van der Waals surface area contributed by atoms with Crippen LogP contribution in [0.1, 0.15) is 34.5 Å². The maximum absolute atomic E-state index is 14.0. The van der Waals surface area contributed by atoms with Crippen LogP contribution >= 0.6 is 0 Å². The van der Waals surface area contributed by atoms with E-state index in [0.717, 1.165) is 11.1 Å². The molecule has 4 atom stereocenters. The van der Waals surface area contributed by atoms with E-state index in [1.165, 1.54) is 11.8 Å². The zero-order chi connectivity index (χ0) is 26.8. The molecule has 0 saturated carbocycles. The number of carbonyl (C=O) groups excluding carboxylic acids is 4. The predicted molar refractivity (Wildman–Crippen MR) is 138 cm³/mol. The third kappa shape index (κ3) is 3.46. The highest BCUT2D eigenvalue weighted by Gasteiger charge is 2.64. The van der Waals surface area contributed by atoms with Gasteiger partial charge < -0.3 is 19.1 Å². The number of benzene rings is 3. The Morgan fingerprint density at radius 3 is 2.44 bits per heavy atom. The Hall–Kier alpha value is -4.92. The first kappa shape index (κ1) is 23.2. The number of ketones is 1. The van der Waals surface area contributed by atoms with Gasteiger partial charge in [-0.15, -0.1) is 0 Å². The van der Waals surface area contributed by atoms with Gasteiger partial charge in [0.15, 0.2) is 17.3 Å². The lowest BCUT2D eigenvalue weighted by Gasteiger charge is -2.35. The van der Waals surface area contributed by atoms with Crippen molar-refractivity contribution in [3.8, 4) is 17.2 Å². The first-order valence-corrected chi connectivity index (χ1v) is 12.6. The minimum absolute atomic E-state index is 0.0684. The molecular formula is C30H22N2O7. The summed E-state index contributed by atoms with van der Waals surface area (Å²) in [5.74, 6) is -1.89. The number of Topliss-reactive ketones (excluding diaryl/α,β-unsaturated/α-hetero) is 1. The second-order valence-corrected chi connectivity index (χ2v) is 9.86. The predicted octanol–water partition coefficient (Wildman–Crippen LogP) is 3.74. The quantitative estimate of drug-likeness (QED) is 0.221. The fraction of sp³-hybridized carbons (Fsp3) is 0.200. The Kier molecular flexibility index (Phi) is 5.09. The number of anilines is 1. The summed E-state index contributed by atoms with van der Waals surface area (Å²) in [5.41, 5.74) is 2.57. The van der Waals surface area contributed by atoms with Crippen LogP contribution in [0.4, 0.5) is 5.69 Å². The second-order valence-electron chi connectivity index (χ2n) is 9.86. The molecule has 4 aliphatic rings. The Balaban J connectivity index is 1.31. The van der Waals surface area contributed by atoms with Crippen molar-refractivity contribution in [2.45, 2.75) is 19.0 Å². The summed E-state index contributed by atoms with van der Waals surface area (Å²) in [6, 6.07) is 17.5. The number of esters is 1. The van der Waals surface area contributed by atoms with E-state index in [2.05, 4.69) is 0 Å². The summed E-state index contributed by atoms with van der Waals surface area (Å²) in [6.07, 6.45) is 3.72. The summed E-state index contributed by atoms with van der Waals surface area (Å²) < 4.78 is 16.0. The zero-order valence-electron chi connectivity index (χ0n) is 20.8. The normalized spacial score (nSPS) is 23.9. The number of carbonyl (C=O) groups is 4. The van der Waals surface area contributed by atoms with Gasteiger partial charge in [-0.25, -0.2) is 4.90 Å². The van der Waals surface area contributed by atoms with Crippen LogP contribution in [0.15, 0.2) is 72.9 Å². The van der Waals surface area contributed by atoms with E-state index >= 15 is 0 Å². The van der Waals surface area contributed by atoms with Crippen molar-refractivity contribution in [3.63, 3.8) is 0 Å². The number of amides is 2. The van der Waals surface area contributed by atoms with Crippen LogP contribution in [0.3, 0.4) is 0 Å². The molecule has 0 aliphatic carbocycles. The molecule has 2 amide bonds. The van der Waals surface area contributed by atoms with Crippen LogP contribution in [0.5, 0.6) is 17.2 Å². The maximum Gasteiger partial charge on any atom is 0.308 e. The van der Waals surface area contributed by atoms with Crippen LogP contribution in [0, 0.1) is 11.8 Å². The van der Waals surface area contributed by atoms with E-state index in [-0.39, 0.29) is 18.5 Å². The van der Waals surface area contributed by atoms with Gasteiger partial charge in [-0.2, -0.15) is 0 Å². The van der Waals surface area contributed by atoms with Crippen LogP contribution in [0.25, 0.3) is 6.08 Å². The highest BCUT2D eigenvalue weighted by atomic mass is 16.7. The van der Waals surface area contributed by atoms with Gasteiger partial charge >= 0.3 is 5.97 Å². The lowest BCUT2D eigenvalue weighted by atomic mass is 9.83. The van der Waals surface area contributed by atoms with Gasteiger partial charge in [0.05, 0.1) is 23.6 Å². The molecule has 0 radical (unpaired) electrons. The minimum atomic E-state index is -0.903. The van der Waals surface area contributed by atoms with Crippen molar-refractivity contribution in [1.82, 2.24) is 4.90 Å². The first-order chi connectivity index (χ1) is 18.9. The molecule has 4 aliphatic heterocycles. The monoisotopic (exact) mass is 522 g/mol. The summed E-state index contributed by atoms with van der Waals surface area (Å²) in [6.45, 7) is 1.37. The largest absolute Gasteiger partial charge is 0.454 e. The molecular weight excluding hydrogens is 500 g/mol. The summed E-state index contributed by atoms with van der Waals surface area (Å²) in [4.78, 5) is 56.5. The number of rotatable bonds is 4. The number of nitrogens with zero attached hydrogens (tertiary/aromatic N) is 2. The van der Waals surface area contributed by atoms with Crippen LogP contribution < -0.4 is 19.1 Å². The van der Waals surface area contributed by atoms with E-state index in [9.17, 15) is 19.2 Å². The smallest absolute Gasteiger partial charge is 0.308 e. The number of imide groups is 1. The SMILES string of the molecule is CC(=O)Oc1ccc(C(=O)[C@@H]2[C@@H]3C(=O)N(c4ccc5c(c4)OCO5)C(=O)[C@@H]3[C@@H]3c4ccccc4C=CN23)cc1. The standard InChI is InChI=1S/C30H22N2O7/c1-16(33)39-20-9-6-18(7-10-20)28(34)27-25-24(26-21-5-3-2-4-17(21)12-13-31(26)27)29(35)32(30(25)36)19-8-11-22-23(14-19)38-15-37-22/h2-14,24-27H,15H2,1H3/t24-,25+,26-,27-/m0/s1. The van der Waals surface area contributed by atoms with Crippen molar-refractivity contribution in [1.29, 1.82) is 0 Å². The maximum atomic E-state index is 14.0. The molecule has 7 rings (SSSR count). The molecule has 2 fully saturated rings. The highest BCUT2D eigenvalue weighted by molar-refractivity contribution is 6.24. The van der Waals surface area contributed by atoms with Crippen molar-refractivity contribution < 1.29 is 33.4 Å². The Bertz CT molecular complexity index is 1600. The third-order valence-electron chi connectivity index (χ3n) is 7.74. The molecule has 3 aromatic carbocycles. The van der Waals surface area contributed by atoms with Crippen molar-refractivity contribution in [3.05, 3.63) is 89.6 Å². The number of fused-ring (bicyclic) bond motifs is 6. The van der Waals surface area contributed by atoms with Crippen LogP contribution in [-0.2, 0) is 14.4 Å². The summed E-state index contributed by atoms with van der Waals surface area (Å²) >= 11 is 0. The first-order valence-electron chi connectivity index (χ1n) is 12.6. The van der Waals surface area contributed by atoms with Gasteiger partial charge in [0.25, 0.3) is 0 Å². The molecule has 0 bridgehead atoms. The van der Waals surface area contributed by atoms with Crippen molar-refractivity contribution in [2.75, 3.05) is 11.7 Å². The number of hydrogen-bond donors (Lipinski definition) is 0. The molecule has 9 heteroatoms. The van der Waals surface area contributed by atoms with Crippen LogP contribution in [-0.4, -0.2) is 41.3 Å². The highest BCUT2D eigenvalue weighted by Crippen LogP contribution is 2.54. The molecule has 4 heterocycles. The van der Waals surface area contributed by atoms with E-state index < -0.39 is 35.8 Å². The van der Waals surface area contributed by atoms with E-state index in [0.29, 0.717) is 28.5 Å². The lowest BCUT2D eigenvalue weighted by molar-refractivity contribution is -0.132. The Labute approximate surface area is 223 Å². The van der Waals surface area contributed by atoms with Crippen molar-refractivity contribution in [2.24, 2.45) is 11.8 Å². The number of hydrogen-bond acceptors (Lipinski definition) is 8. The van der Waals surface area contributed by atoms with E-state index in [1.54, 1.807) is 42.5 Å². The van der Waals surface area contributed by atoms with Gasteiger partial charge in [0, 0.05) is 24.8 Å². The van der Waals surface area contributed by atoms with Gasteiger partial charge in [-0.05, 0) is 53.6 Å². The second kappa shape index (κ2) is 8.56. The van der Waals surface area contributed by atoms with Crippen molar-refractivity contribution >= 4 is 35.3 Å². The average Bonchev–Trinajstić information content (AvgIpc) is 3.61. The summed E-state index contributed by atoms with van der Waals surface area (Å²) in [5, 5.41) is 0. The van der Waals surface area contributed by atoms with E-state index in [4.69, 9.17) is 14.2 Å². The molecule has 0 spiro atoms. The Morgan fingerprint density at radius 2 is 1.64 bits per heavy atom. The zero-order valence-corrected chi connectivity index (χ0v) is 20.8. The molecule has 0 N–H and O–H groups in total. The Morgan fingerprint density at radius 1 is 0.897 bits per heavy atom. The number of ether oxygens (including phenoxy) is 3. The molecule has 0 unspecified atom stereocenters. The topological polar surface area (TPSA) is 102 Å². The van der Waals surface area contributed by atoms with E-state index in [1.807, 2.05) is 41.4 Å². The van der Waals surface area contributed by atoms with Gasteiger partial charge in [0.2, 0.25) is 18.6 Å². The molecule has 0 aromatic heterocycles. The summed E-state index contributed by atoms with van der Waals surface area (Å²) in [7, 11) is 0. The third-order valence-corrected chi connectivity index (χ3v) is 7.74. The van der Waals surface area contributed by atoms with Crippen LogP contribution in [0.2, 0.25) is 0 Å². The fourth-order valence-electron chi connectivity index (χ4n) is 6.16. The lowest BCUT2D eigenvalue weighted by Crippen LogP contribution is -2.44. The molecule has 39 heavy (non-hydrogen) atoms. The molecule has 194 valence electrons. The molecule has 2 saturated heterocycles. The molecule has 3 aromatic rings.